The third kappa shape index (κ3) is 8.38. The fourth-order valence-corrected chi connectivity index (χ4v) is 2.07. The predicted molar refractivity (Wildman–Crippen MR) is 91.8 cm³/mol. The molecule has 0 amide bonds. The average molecular weight is 398 g/mol. The molecule has 2 N–H and O–H groups in total. The standard InChI is InChI=1S/C12H22N4OS.HI/c1-4-13-12(15-7-8-17-3)14-6-5-11-9-18-10(2)16-11;/h9H,4-8H2,1-3H3,(H2,13,14,15);1H. The number of aliphatic imine (C=N–C) groups is 1. The Morgan fingerprint density at radius 3 is 2.84 bits per heavy atom. The predicted octanol–water partition coefficient (Wildman–Crippen LogP) is 1.81. The van der Waals surface area contributed by atoms with Gasteiger partial charge in [-0.2, -0.15) is 0 Å². The zero-order chi connectivity index (χ0) is 13.2. The van der Waals surface area contributed by atoms with Crippen LogP contribution in [0.15, 0.2) is 10.4 Å². The second kappa shape index (κ2) is 11.4. The van der Waals surface area contributed by atoms with Crippen molar-refractivity contribution < 1.29 is 4.74 Å². The van der Waals surface area contributed by atoms with Gasteiger partial charge >= 0.3 is 0 Å². The van der Waals surface area contributed by atoms with Crippen molar-refractivity contribution in [3.8, 4) is 0 Å². The van der Waals surface area contributed by atoms with E-state index in [0.29, 0.717) is 13.2 Å². The van der Waals surface area contributed by atoms with Gasteiger partial charge < -0.3 is 15.4 Å². The first-order chi connectivity index (χ1) is 8.76. The summed E-state index contributed by atoms with van der Waals surface area (Å²) in [4.78, 5) is 8.82. The highest BCUT2D eigenvalue weighted by atomic mass is 127. The molecule has 0 aliphatic rings. The lowest BCUT2D eigenvalue weighted by atomic mass is 10.3. The highest BCUT2D eigenvalue weighted by molar-refractivity contribution is 14.0. The van der Waals surface area contributed by atoms with Crippen LogP contribution in [-0.2, 0) is 11.2 Å². The van der Waals surface area contributed by atoms with Crippen LogP contribution in [0.4, 0.5) is 0 Å². The molecule has 0 aromatic carbocycles. The number of rotatable bonds is 7. The van der Waals surface area contributed by atoms with Crippen LogP contribution in [0.5, 0.6) is 0 Å². The van der Waals surface area contributed by atoms with E-state index in [2.05, 4.69) is 32.9 Å². The molecule has 7 heteroatoms. The van der Waals surface area contributed by atoms with Crippen LogP contribution in [-0.4, -0.2) is 44.3 Å². The number of nitrogens with zero attached hydrogens (tertiary/aromatic N) is 2. The van der Waals surface area contributed by atoms with Crippen LogP contribution in [0, 0.1) is 6.92 Å². The Labute approximate surface area is 136 Å². The van der Waals surface area contributed by atoms with Crippen molar-refractivity contribution in [1.29, 1.82) is 0 Å². The Morgan fingerprint density at radius 1 is 1.47 bits per heavy atom. The minimum atomic E-state index is 0. The molecule has 5 nitrogen and oxygen atoms in total. The van der Waals surface area contributed by atoms with E-state index in [9.17, 15) is 0 Å². The molecule has 0 aliphatic heterocycles. The second-order valence-corrected chi connectivity index (χ2v) is 4.85. The second-order valence-electron chi connectivity index (χ2n) is 3.79. The molecule has 1 aromatic heterocycles. The maximum atomic E-state index is 4.98. The number of hydrogen-bond donors (Lipinski definition) is 2. The van der Waals surface area contributed by atoms with E-state index in [0.717, 1.165) is 36.2 Å². The zero-order valence-corrected chi connectivity index (χ0v) is 14.9. The summed E-state index contributed by atoms with van der Waals surface area (Å²) in [6, 6.07) is 0. The maximum absolute atomic E-state index is 4.98. The molecule has 1 heterocycles. The zero-order valence-electron chi connectivity index (χ0n) is 11.7. The van der Waals surface area contributed by atoms with Crippen LogP contribution >= 0.6 is 35.3 Å². The number of halogens is 1. The molecule has 0 unspecified atom stereocenters. The van der Waals surface area contributed by atoms with E-state index in [4.69, 9.17) is 4.74 Å². The molecule has 0 atom stereocenters. The lowest BCUT2D eigenvalue weighted by molar-refractivity contribution is 0.208. The Bertz CT molecular complexity index is 370. The monoisotopic (exact) mass is 398 g/mol. The lowest BCUT2D eigenvalue weighted by Crippen LogP contribution is -2.38. The SMILES string of the molecule is CCNC(=NCCOC)NCCc1csc(C)n1.I. The van der Waals surface area contributed by atoms with Gasteiger partial charge in [0.1, 0.15) is 0 Å². The van der Waals surface area contributed by atoms with Gasteiger partial charge in [-0.1, -0.05) is 0 Å². The average Bonchev–Trinajstić information content (AvgIpc) is 2.75. The molecule has 0 spiro atoms. The highest BCUT2D eigenvalue weighted by Crippen LogP contribution is 2.07. The van der Waals surface area contributed by atoms with Crippen LogP contribution in [0.1, 0.15) is 17.6 Å². The Kier molecular flexibility index (Phi) is 11.2. The molecule has 110 valence electrons. The molecule has 0 fully saturated rings. The largest absolute Gasteiger partial charge is 0.383 e. The van der Waals surface area contributed by atoms with Gasteiger partial charge in [-0.3, -0.25) is 4.99 Å². The van der Waals surface area contributed by atoms with Gasteiger partial charge in [0.25, 0.3) is 0 Å². The van der Waals surface area contributed by atoms with E-state index < -0.39 is 0 Å². The van der Waals surface area contributed by atoms with Gasteiger partial charge in [-0.25, -0.2) is 4.98 Å². The van der Waals surface area contributed by atoms with E-state index in [1.165, 1.54) is 0 Å². The highest BCUT2D eigenvalue weighted by Gasteiger charge is 2.00. The van der Waals surface area contributed by atoms with Crippen molar-refractivity contribution in [2.45, 2.75) is 20.3 Å². The number of ether oxygens (including phenoxy) is 1. The molecular weight excluding hydrogens is 375 g/mol. The van der Waals surface area contributed by atoms with Gasteiger partial charge in [-0.15, -0.1) is 35.3 Å². The molecular formula is C12H23IN4OS. The molecule has 0 bridgehead atoms. The van der Waals surface area contributed by atoms with Crippen LogP contribution in [0.3, 0.4) is 0 Å². The minimum Gasteiger partial charge on any atom is -0.383 e. The van der Waals surface area contributed by atoms with Crippen molar-refractivity contribution in [3.63, 3.8) is 0 Å². The first kappa shape index (κ1) is 18.6. The molecule has 1 aromatic rings. The van der Waals surface area contributed by atoms with Crippen LogP contribution in [0.25, 0.3) is 0 Å². The summed E-state index contributed by atoms with van der Waals surface area (Å²) in [5, 5.41) is 9.70. The van der Waals surface area contributed by atoms with Crippen molar-refractivity contribution in [1.82, 2.24) is 15.6 Å². The van der Waals surface area contributed by atoms with E-state index in [1.807, 2.05) is 6.92 Å². The summed E-state index contributed by atoms with van der Waals surface area (Å²) in [6.07, 6.45) is 0.916. The first-order valence-corrected chi connectivity index (χ1v) is 7.06. The summed E-state index contributed by atoms with van der Waals surface area (Å²) in [5.74, 6) is 0.835. The molecule has 19 heavy (non-hydrogen) atoms. The van der Waals surface area contributed by atoms with Gasteiger partial charge in [-0.05, 0) is 13.8 Å². The fourth-order valence-electron chi connectivity index (χ4n) is 1.42. The number of nitrogens with one attached hydrogen (secondary N) is 2. The Morgan fingerprint density at radius 2 is 2.26 bits per heavy atom. The molecule has 0 saturated heterocycles. The van der Waals surface area contributed by atoms with Gasteiger partial charge in [0, 0.05) is 32.0 Å². The summed E-state index contributed by atoms with van der Waals surface area (Å²) < 4.78 is 4.98. The van der Waals surface area contributed by atoms with Crippen molar-refractivity contribution in [2.24, 2.45) is 4.99 Å². The third-order valence-electron chi connectivity index (χ3n) is 2.25. The van der Waals surface area contributed by atoms with Crippen molar-refractivity contribution in [2.75, 3.05) is 33.4 Å². The number of thiazole rings is 1. The van der Waals surface area contributed by atoms with E-state index >= 15 is 0 Å². The summed E-state index contributed by atoms with van der Waals surface area (Å²) in [6.45, 7) is 7.08. The quantitative estimate of drug-likeness (QED) is 0.319. The first-order valence-electron chi connectivity index (χ1n) is 6.18. The number of aryl methyl sites for hydroxylation is 1. The minimum absolute atomic E-state index is 0. The lowest BCUT2D eigenvalue weighted by Gasteiger charge is -2.10. The summed E-state index contributed by atoms with van der Waals surface area (Å²) in [5.41, 5.74) is 1.14. The van der Waals surface area contributed by atoms with Crippen molar-refractivity contribution in [3.05, 3.63) is 16.1 Å². The van der Waals surface area contributed by atoms with Gasteiger partial charge in [0.05, 0.1) is 23.9 Å². The van der Waals surface area contributed by atoms with E-state index in [1.54, 1.807) is 18.4 Å². The molecule has 0 radical (unpaired) electrons. The molecule has 0 aliphatic carbocycles. The smallest absolute Gasteiger partial charge is 0.191 e. The number of guanidine groups is 1. The van der Waals surface area contributed by atoms with Crippen LogP contribution < -0.4 is 10.6 Å². The summed E-state index contributed by atoms with van der Waals surface area (Å²) >= 11 is 1.69. The van der Waals surface area contributed by atoms with Gasteiger partial charge in [0.2, 0.25) is 0 Å². The normalized spacial score (nSPS) is 11.0. The number of hydrogen-bond acceptors (Lipinski definition) is 4. The molecule has 0 saturated carbocycles. The Hall–Kier alpha value is -0.410. The maximum Gasteiger partial charge on any atom is 0.191 e. The topological polar surface area (TPSA) is 58.5 Å². The number of aromatic nitrogens is 1. The van der Waals surface area contributed by atoms with E-state index in [-0.39, 0.29) is 24.0 Å². The van der Waals surface area contributed by atoms with Gasteiger partial charge in [0.15, 0.2) is 5.96 Å². The fraction of sp³-hybridized carbons (Fsp3) is 0.667. The summed E-state index contributed by atoms with van der Waals surface area (Å²) in [7, 11) is 1.68. The van der Waals surface area contributed by atoms with Crippen molar-refractivity contribution >= 4 is 41.3 Å². The van der Waals surface area contributed by atoms with Crippen LogP contribution in [0.2, 0.25) is 0 Å². The Balaban J connectivity index is 0.00000324. The molecule has 1 rings (SSSR count). The number of methoxy groups -OCH3 is 1. The third-order valence-corrected chi connectivity index (χ3v) is 3.07.